The number of benzene rings is 2. The number of para-hydroxylation sites is 2. The van der Waals surface area contributed by atoms with E-state index in [1.807, 2.05) is 18.2 Å². The van der Waals surface area contributed by atoms with E-state index in [0.717, 1.165) is 25.2 Å². The first-order valence-corrected chi connectivity index (χ1v) is 10.0. The van der Waals surface area contributed by atoms with Gasteiger partial charge in [-0.1, -0.05) is 18.2 Å². The van der Waals surface area contributed by atoms with Crippen molar-refractivity contribution >= 4 is 40.1 Å². The number of anilines is 2. The van der Waals surface area contributed by atoms with Crippen molar-refractivity contribution in [2.75, 3.05) is 23.3 Å². The second-order valence-corrected chi connectivity index (χ2v) is 7.53. The van der Waals surface area contributed by atoms with Crippen molar-refractivity contribution in [2.45, 2.75) is 30.8 Å². The van der Waals surface area contributed by atoms with Crippen LogP contribution >= 0.6 is 11.8 Å². The average Bonchev–Trinajstić information content (AvgIpc) is 3.22. The van der Waals surface area contributed by atoms with Gasteiger partial charge in [-0.05, 0) is 54.9 Å². The quantitative estimate of drug-likeness (QED) is 0.622. The molecule has 1 aliphatic heterocycles. The summed E-state index contributed by atoms with van der Waals surface area (Å²) < 4.78 is 27.4. The maximum absolute atomic E-state index is 12.9. The van der Waals surface area contributed by atoms with Gasteiger partial charge in [-0.3, -0.25) is 4.79 Å². The van der Waals surface area contributed by atoms with Crippen molar-refractivity contribution in [2.24, 2.45) is 0 Å². The Morgan fingerprint density at radius 3 is 2.89 bits per heavy atom. The van der Waals surface area contributed by atoms with Crippen LogP contribution in [0.3, 0.4) is 0 Å². The van der Waals surface area contributed by atoms with E-state index in [2.05, 4.69) is 22.1 Å². The van der Waals surface area contributed by atoms with Gasteiger partial charge in [-0.2, -0.15) is 8.78 Å². The van der Waals surface area contributed by atoms with Crippen molar-refractivity contribution in [1.82, 2.24) is 9.55 Å². The van der Waals surface area contributed by atoms with Gasteiger partial charge in [-0.25, -0.2) is 4.98 Å². The third-order valence-electron chi connectivity index (χ3n) is 4.86. The Kier molecular flexibility index (Phi) is 5.21. The molecule has 0 radical (unpaired) electrons. The smallest absolute Gasteiger partial charge is 0.291 e. The van der Waals surface area contributed by atoms with Gasteiger partial charge in [0.25, 0.3) is 5.76 Å². The summed E-state index contributed by atoms with van der Waals surface area (Å²) in [4.78, 5) is 19.2. The maximum Gasteiger partial charge on any atom is 0.291 e. The lowest BCUT2D eigenvalue weighted by atomic mass is 10.1. The molecule has 4 rings (SSSR count). The van der Waals surface area contributed by atoms with Crippen LogP contribution in [-0.2, 0) is 17.8 Å². The molecular formula is C20H20F2N4OS. The number of nitrogens with one attached hydrogen (secondary N) is 1. The molecule has 0 fully saturated rings. The van der Waals surface area contributed by atoms with Crippen LogP contribution in [0.5, 0.6) is 0 Å². The minimum Gasteiger partial charge on any atom is -0.371 e. The average molecular weight is 402 g/mol. The number of alkyl halides is 2. The predicted octanol–water partition coefficient (Wildman–Crippen LogP) is 4.37. The second-order valence-electron chi connectivity index (χ2n) is 6.57. The number of fused-ring (bicyclic) bond motifs is 2. The summed E-state index contributed by atoms with van der Waals surface area (Å²) >= 11 is 0.350. The summed E-state index contributed by atoms with van der Waals surface area (Å²) in [7, 11) is 0. The van der Waals surface area contributed by atoms with Gasteiger partial charge in [0.2, 0.25) is 5.91 Å². The second kappa shape index (κ2) is 7.79. The van der Waals surface area contributed by atoms with E-state index in [-0.39, 0.29) is 17.6 Å². The van der Waals surface area contributed by atoms with Crippen LogP contribution in [0.15, 0.2) is 47.6 Å². The fourth-order valence-corrected chi connectivity index (χ4v) is 4.17. The number of halogens is 2. The molecule has 8 heteroatoms. The molecule has 5 nitrogen and oxygen atoms in total. The van der Waals surface area contributed by atoms with E-state index in [0.29, 0.717) is 28.5 Å². The number of hydrogen-bond acceptors (Lipinski definition) is 4. The summed E-state index contributed by atoms with van der Waals surface area (Å²) in [5, 5.41) is 3.03. The Hall–Kier alpha value is -2.61. The lowest BCUT2D eigenvalue weighted by Gasteiger charge is -2.17. The Labute approximate surface area is 165 Å². The van der Waals surface area contributed by atoms with Crippen LogP contribution < -0.4 is 10.2 Å². The number of aromatic nitrogens is 2. The Balaban J connectivity index is 1.56. The normalized spacial score (nSPS) is 13.4. The molecule has 0 atom stereocenters. The van der Waals surface area contributed by atoms with E-state index >= 15 is 0 Å². The molecule has 3 aromatic rings. The van der Waals surface area contributed by atoms with Gasteiger partial charge in [0.05, 0.1) is 11.0 Å². The third kappa shape index (κ3) is 3.69. The van der Waals surface area contributed by atoms with Crippen molar-refractivity contribution in [1.29, 1.82) is 0 Å². The minimum atomic E-state index is -2.60. The molecule has 0 unspecified atom stereocenters. The number of amides is 1. The van der Waals surface area contributed by atoms with Gasteiger partial charge in [0.15, 0.2) is 5.16 Å². The first-order valence-electron chi connectivity index (χ1n) is 9.13. The molecule has 146 valence electrons. The topological polar surface area (TPSA) is 50.2 Å². The third-order valence-corrected chi connectivity index (χ3v) is 5.56. The molecule has 0 bridgehead atoms. The number of carbonyl (C=O) groups is 1. The van der Waals surface area contributed by atoms with Crippen LogP contribution in [0.2, 0.25) is 0 Å². The summed E-state index contributed by atoms with van der Waals surface area (Å²) in [5.41, 5.74) is 4.37. The first kappa shape index (κ1) is 18.7. The molecule has 1 amide bonds. The number of imidazole rings is 1. The molecule has 0 saturated carbocycles. The van der Waals surface area contributed by atoms with E-state index in [4.69, 9.17) is 0 Å². The molecule has 1 aliphatic rings. The Bertz CT molecular complexity index is 1020. The van der Waals surface area contributed by atoms with Gasteiger partial charge in [0, 0.05) is 24.5 Å². The van der Waals surface area contributed by atoms with E-state index < -0.39 is 5.76 Å². The van der Waals surface area contributed by atoms with Crippen molar-refractivity contribution < 1.29 is 13.6 Å². The molecule has 0 saturated heterocycles. The van der Waals surface area contributed by atoms with Crippen LogP contribution in [-0.4, -0.2) is 34.3 Å². The minimum absolute atomic E-state index is 0.0792. The Morgan fingerprint density at radius 2 is 2.11 bits per heavy atom. The predicted molar refractivity (Wildman–Crippen MR) is 108 cm³/mol. The summed E-state index contributed by atoms with van der Waals surface area (Å²) in [5.74, 6) is -2.88. The molecule has 2 aromatic carbocycles. The largest absolute Gasteiger partial charge is 0.371 e. The lowest BCUT2D eigenvalue weighted by Crippen LogP contribution is -2.21. The van der Waals surface area contributed by atoms with Crippen molar-refractivity contribution in [3.63, 3.8) is 0 Å². The van der Waals surface area contributed by atoms with Gasteiger partial charge in [0.1, 0.15) is 6.54 Å². The van der Waals surface area contributed by atoms with E-state index in [9.17, 15) is 13.6 Å². The van der Waals surface area contributed by atoms with E-state index in [1.165, 1.54) is 10.1 Å². The highest BCUT2D eigenvalue weighted by molar-refractivity contribution is 7.99. The number of rotatable bonds is 6. The lowest BCUT2D eigenvalue weighted by molar-refractivity contribution is -0.116. The zero-order valence-corrected chi connectivity index (χ0v) is 16.2. The van der Waals surface area contributed by atoms with Crippen LogP contribution in [0.25, 0.3) is 11.0 Å². The zero-order chi connectivity index (χ0) is 19.7. The standard InChI is InChI=1S/C20H20F2N4OS/c1-2-25-10-9-13-7-8-14(11-17(13)25)23-18(27)12-26-16-6-4-3-5-15(16)24-20(26)28-19(21)22/h3-8,11,19H,2,9-10,12H2,1H3,(H,23,27). The number of hydrogen-bond donors (Lipinski definition) is 1. The number of thioether (sulfide) groups is 1. The first-order chi connectivity index (χ1) is 13.5. The monoisotopic (exact) mass is 402 g/mol. The molecule has 2 heterocycles. The van der Waals surface area contributed by atoms with Crippen LogP contribution in [0, 0.1) is 0 Å². The highest BCUT2D eigenvalue weighted by Crippen LogP contribution is 2.31. The van der Waals surface area contributed by atoms with Gasteiger partial charge >= 0.3 is 0 Å². The number of nitrogens with zero attached hydrogens (tertiary/aromatic N) is 3. The van der Waals surface area contributed by atoms with Crippen LogP contribution in [0.4, 0.5) is 20.2 Å². The van der Waals surface area contributed by atoms with Gasteiger partial charge < -0.3 is 14.8 Å². The maximum atomic E-state index is 12.9. The highest BCUT2D eigenvalue weighted by Gasteiger charge is 2.20. The zero-order valence-electron chi connectivity index (χ0n) is 15.4. The molecular weight excluding hydrogens is 382 g/mol. The summed E-state index contributed by atoms with van der Waals surface area (Å²) in [6.45, 7) is 3.93. The van der Waals surface area contributed by atoms with Crippen molar-refractivity contribution in [3.05, 3.63) is 48.0 Å². The van der Waals surface area contributed by atoms with Crippen molar-refractivity contribution in [3.8, 4) is 0 Å². The molecule has 0 spiro atoms. The molecule has 1 aromatic heterocycles. The van der Waals surface area contributed by atoms with Gasteiger partial charge in [-0.15, -0.1) is 0 Å². The Morgan fingerprint density at radius 1 is 1.29 bits per heavy atom. The summed E-state index contributed by atoms with van der Waals surface area (Å²) in [6.07, 6.45) is 1.01. The highest BCUT2D eigenvalue weighted by atomic mass is 32.2. The number of likely N-dealkylation sites (N-methyl/N-ethyl adjacent to an activating group) is 1. The fourth-order valence-electron chi connectivity index (χ4n) is 3.57. The summed E-state index contributed by atoms with van der Waals surface area (Å²) in [6, 6.07) is 13.0. The SMILES string of the molecule is CCN1CCc2ccc(NC(=O)Cn3c(SC(F)F)nc4ccccc43)cc21. The molecule has 28 heavy (non-hydrogen) atoms. The molecule has 1 N–H and O–H groups in total. The van der Waals surface area contributed by atoms with Crippen LogP contribution in [0.1, 0.15) is 12.5 Å². The number of carbonyl (C=O) groups excluding carboxylic acids is 1. The molecule has 0 aliphatic carbocycles. The van der Waals surface area contributed by atoms with E-state index in [1.54, 1.807) is 24.3 Å². The fraction of sp³-hybridized carbons (Fsp3) is 0.300.